The third kappa shape index (κ3) is 3.31. The van der Waals surface area contributed by atoms with Crippen LogP contribution in [0.15, 0.2) is 30.3 Å². The molecular weight excluding hydrogens is 304 g/mol. The van der Waals surface area contributed by atoms with Crippen LogP contribution < -0.4 is 5.32 Å². The summed E-state index contributed by atoms with van der Waals surface area (Å²) >= 11 is 5.90. The SMILES string of the molecule is COC(=O)CNC(=O)c1cc(C)n(-c2ccc(Cl)cc2)c1C. The number of amides is 1. The Hall–Kier alpha value is -2.27. The van der Waals surface area contributed by atoms with Crippen LogP contribution in [0.3, 0.4) is 0 Å². The molecule has 1 N–H and O–H groups in total. The van der Waals surface area contributed by atoms with Crippen molar-refractivity contribution in [3.8, 4) is 5.69 Å². The molecule has 0 aliphatic rings. The normalized spacial score (nSPS) is 10.4. The second kappa shape index (κ2) is 6.66. The van der Waals surface area contributed by atoms with E-state index >= 15 is 0 Å². The van der Waals surface area contributed by atoms with Crippen molar-refractivity contribution in [1.82, 2.24) is 9.88 Å². The average molecular weight is 321 g/mol. The van der Waals surface area contributed by atoms with Crippen LogP contribution in [0.2, 0.25) is 5.02 Å². The summed E-state index contributed by atoms with van der Waals surface area (Å²) in [6.45, 7) is 3.62. The van der Waals surface area contributed by atoms with Crippen LogP contribution in [0.4, 0.5) is 0 Å². The number of halogens is 1. The van der Waals surface area contributed by atoms with Gasteiger partial charge in [0.2, 0.25) is 0 Å². The molecule has 0 unspecified atom stereocenters. The van der Waals surface area contributed by atoms with Crippen LogP contribution in [-0.2, 0) is 9.53 Å². The number of aryl methyl sites for hydroxylation is 1. The van der Waals surface area contributed by atoms with Crippen molar-refractivity contribution in [2.75, 3.05) is 13.7 Å². The van der Waals surface area contributed by atoms with Crippen LogP contribution in [0.25, 0.3) is 5.69 Å². The second-order valence-electron chi connectivity index (χ2n) is 4.86. The highest BCUT2D eigenvalue weighted by atomic mass is 35.5. The molecule has 0 fully saturated rings. The average Bonchev–Trinajstić information content (AvgIpc) is 2.80. The van der Waals surface area contributed by atoms with Gasteiger partial charge in [0, 0.05) is 22.1 Å². The van der Waals surface area contributed by atoms with Gasteiger partial charge in [0.05, 0.1) is 12.7 Å². The summed E-state index contributed by atoms with van der Waals surface area (Å²) in [7, 11) is 1.28. The lowest BCUT2D eigenvalue weighted by Crippen LogP contribution is -2.30. The first-order valence-electron chi connectivity index (χ1n) is 6.74. The van der Waals surface area contributed by atoms with E-state index in [1.54, 1.807) is 18.2 Å². The van der Waals surface area contributed by atoms with E-state index in [9.17, 15) is 9.59 Å². The number of hydrogen-bond donors (Lipinski definition) is 1. The van der Waals surface area contributed by atoms with Crippen molar-refractivity contribution >= 4 is 23.5 Å². The molecule has 0 saturated heterocycles. The van der Waals surface area contributed by atoms with E-state index in [0.29, 0.717) is 10.6 Å². The van der Waals surface area contributed by atoms with Crippen molar-refractivity contribution in [2.24, 2.45) is 0 Å². The van der Waals surface area contributed by atoms with E-state index in [2.05, 4.69) is 10.1 Å². The Bertz CT molecular complexity index is 705. The molecule has 5 nitrogen and oxygen atoms in total. The molecule has 1 amide bonds. The highest BCUT2D eigenvalue weighted by Gasteiger charge is 2.17. The van der Waals surface area contributed by atoms with Crippen LogP contribution in [0.5, 0.6) is 0 Å². The molecule has 0 atom stereocenters. The minimum absolute atomic E-state index is 0.153. The quantitative estimate of drug-likeness (QED) is 0.881. The third-order valence-corrected chi connectivity index (χ3v) is 3.63. The molecule has 1 aromatic carbocycles. The molecule has 0 aliphatic heterocycles. The van der Waals surface area contributed by atoms with Crippen LogP contribution in [-0.4, -0.2) is 30.1 Å². The number of carbonyl (C=O) groups is 2. The molecule has 0 bridgehead atoms. The molecule has 2 aromatic rings. The lowest BCUT2D eigenvalue weighted by molar-refractivity contribution is -0.139. The zero-order chi connectivity index (χ0) is 16.3. The van der Waals surface area contributed by atoms with Gasteiger partial charge in [-0.2, -0.15) is 0 Å². The molecule has 116 valence electrons. The third-order valence-electron chi connectivity index (χ3n) is 3.38. The van der Waals surface area contributed by atoms with Crippen LogP contribution in [0, 0.1) is 13.8 Å². The molecule has 0 spiro atoms. The number of hydrogen-bond acceptors (Lipinski definition) is 3. The second-order valence-corrected chi connectivity index (χ2v) is 5.29. The summed E-state index contributed by atoms with van der Waals surface area (Å²) < 4.78 is 6.47. The van der Waals surface area contributed by atoms with Crippen LogP contribution in [0.1, 0.15) is 21.7 Å². The van der Waals surface area contributed by atoms with E-state index in [-0.39, 0.29) is 12.5 Å². The molecule has 22 heavy (non-hydrogen) atoms. The number of nitrogens with zero attached hydrogens (tertiary/aromatic N) is 1. The van der Waals surface area contributed by atoms with Crippen molar-refractivity contribution in [1.29, 1.82) is 0 Å². The van der Waals surface area contributed by atoms with Gasteiger partial charge in [0.15, 0.2) is 0 Å². The van der Waals surface area contributed by atoms with Gasteiger partial charge in [0.25, 0.3) is 5.91 Å². The van der Waals surface area contributed by atoms with Gasteiger partial charge in [-0.25, -0.2) is 0 Å². The molecule has 0 radical (unpaired) electrons. The maximum Gasteiger partial charge on any atom is 0.325 e. The standard InChI is InChI=1S/C16H17ClN2O3/c1-10-8-14(16(21)18-9-15(20)22-3)11(2)19(10)13-6-4-12(17)5-7-13/h4-8H,9H2,1-3H3,(H,18,21). The van der Waals surface area contributed by atoms with Gasteiger partial charge in [-0.15, -0.1) is 0 Å². The number of ether oxygens (including phenoxy) is 1. The number of rotatable bonds is 4. The first kappa shape index (κ1) is 16.1. The minimum atomic E-state index is -0.486. The highest BCUT2D eigenvalue weighted by molar-refractivity contribution is 6.30. The van der Waals surface area contributed by atoms with E-state index in [0.717, 1.165) is 17.1 Å². The molecule has 6 heteroatoms. The summed E-state index contributed by atoms with van der Waals surface area (Å²) in [5.41, 5.74) is 3.16. The smallest absolute Gasteiger partial charge is 0.325 e. The fourth-order valence-corrected chi connectivity index (χ4v) is 2.43. The monoisotopic (exact) mass is 320 g/mol. The summed E-state index contributed by atoms with van der Waals surface area (Å²) in [4.78, 5) is 23.3. The molecule has 0 saturated carbocycles. The lowest BCUT2D eigenvalue weighted by atomic mass is 10.2. The molecule has 0 aliphatic carbocycles. The van der Waals surface area contributed by atoms with Crippen LogP contribution >= 0.6 is 11.6 Å². The Morgan fingerprint density at radius 3 is 2.45 bits per heavy atom. The summed E-state index contributed by atoms with van der Waals surface area (Å²) in [6, 6.07) is 9.16. The van der Waals surface area contributed by atoms with Crippen molar-refractivity contribution < 1.29 is 14.3 Å². The lowest BCUT2D eigenvalue weighted by Gasteiger charge is -2.10. The van der Waals surface area contributed by atoms with Gasteiger partial charge in [-0.3, -0.25) is 9.59 Å². The predicted octanol–water partition coefficient (Wildman–Crippen LogP) is 2.65. The number of methoxy groups -OCH3 is 1. The van der Waals surface area contributed by atoms with Gasteiger partial charge in [0.1, 0.15) is 6.54 Å². The van der Waals surface area contributed by atoms with Gasteiger partial charge < -0.3 is 14.6 Å². The summed E-state index contributed by atoms with van der Waals surface area (Å²) in [5, 5.41) is 3.20. The van der Waals surface area contributed by atoms with Crippen molar-refractivity contribution in [3.63, 3.8) is 0 Å². The van der Waals surface area contributed by atoms with Gasteiger partial charge in [-0.05, 0) is 44.2 Å². The number of nitrogens with one attached hydrogen (secondary N) is 1. The first-order chi connectivity index (χ1) is 10.4. The number of esters is 1. The Kier molecular flexibility index (Phi) is 4.88. The molecule has 1 heterocycles. The molecule has 1 aromatic heterocycles. The predicted molar refractivity (Wildman–Crippen MR) is 84.6 cm³/mol. The Balaban J connectivity index is 2.29. The highest BCUT2D eigenvalue weighted by Crippen LogP contribution is 2.22. The van der Waals surface area contributed by atoms with E-state index in [4.69, 9.17) is 11.6 Å². The Morgan fingerprint density at radius 2 is 1.86 bits per heavy atom. The van der Waals surface area contributed by atoms with Gasteiger partial charge >= 0.3 is 5.97 Å². The Labute approximate surface area is 133 Å². The zero-order valence-electron chi connectivity index (χ0n) is 12.6. The summed E-state index contributed by atoms with van der Waals surface area (Å²) in [6.07, 6.45) is 0. The summed E-state index contributed by atoms with van der Waals surface area (Å²) in [5.74, 6) is -0.793. The van der Waals surface area contributed by atoms with Crippen molar-refractivity contribution in [2.45, 2.75) is 13.8 Å². The fraction of sp³-hybridized carbons (Fsp3) is 0.250. The first-order valence-corrected chi connectivity index (χ1v) is 7.11. The molecular formula is C16H17ClN2O3. The Morgan fingerprint density at radius 1 is 1.23 bits per heavy atom. The van der Waals surface area contributed by atoms with Crippen molar-refractivity contribution in [3.05, 3.63) is 52.3 Å². The zero-order valence-corrected chi connectivity index (χ0v) is 13.4. The van der Waals surface area contributed by atoms with E-state index in [1.807, 2.05) is 30.5 Å². The number of carbonyl (C=O) groups excluding carboxylic acids is 2. The number of benzene rings is 1. The van der Waals surface area contributed by atoms with E-state index < -0.39 is 5.97 Å². The van der Waals surface area contributed by atoms with Gasteiger partial charge in [-0.1, -0.05) is 11.6 Å². The fourth-order valence-electron chi connectivity index (χ4n) is 2.30. The largest absolute Gasteiger partial charge is 0.468 e. The minimum Gasteiger partial charge on any atom is -0.468 e. The van der Waals surface area contributed by atoms with E-state index in [1.165, 1.54) is 7.11 Å². The maximum absolute atomic E-state index is 12.2. The number of aromatic nitrogens is 1. The topological polar surface area (TPSA) is 60.3 Å². The molecule has 2 rings (SSSR count). The maximum atomic E-state index is 12.2.